The fourth-order valence-electron chi connectivity index (χ4n) is 1.33. The fraction of sp³-hybridized carbons (Fsp3) is 0.222. The number of hydrogen-bond acceptors (Lipinski definition) is 5. The molecule has 1 aliphatic heterocycles. The molecule has 0 saturated carbocycles. The van der Waals surface area contributed by atoms with Gasteiger partial charge in [-0.05, 0) is 6.07 Å². The highest BCUT2D eigenvalue weighted by Gasteiger charge is 2.23. The number of carboxylic acid groups (broad SMARTS) is 1. The molecule has 6 heteroatoms. The van der Waals surface area contributed by atoms with Crippen LogP contribution in [-0.2, 0) is 4.79 Å². The highest BCUT2D eigenvalue weighted by atomic mass is 16.7. The summed E-state index contributed by atoms with van der Waals surface area (Å²) in [6.45, 7) is 0.0561. The second-order valence-electron chi connectivity index (χ2n) is 3.08. The minimum Gasteiger partial charge on any atom is -0.507 e. The van der Waals surface area contributed by atoms with Crippen LogP contribution in [0.3, 0.4) is 0 Å². The van der Waals surface area contributed by atoms with Crippen molar-refractivity contribution in [3.8, 4) is 17.2 Å². The van der Waals surface area contributed by atoms with E-state index in [-0.39, 0.29) is 18.1 Å². The molecule has 0 aliphatic carbocycles. The molecule has 0 radical (unpaired) electrons. The van der Waals surface area contributed by atoms with Crippen LogP contribution in [-0.4, -0.2) is 23.0 Å². The number of fused-ring (bicyclic) bond motifs is 1. The largest absolute Gasteiger partial charge is 0.507 e. The summed E-state index contributed by atoms with van der Waals surface area (Å²) < 4.78 is 10.0. The molecule has 0 fully saturated rings. The molecule has 1 aromatic carbocycles. The molecule has 0 aromatic heterocycles. The summed E-state index contributed by atoms with van der Waals surface area (Å²) >= 11 is 0. The van der Waals surface area contributed by atoms with Gasteiger partial charge in [0, 0.05) is 11.6 Å². The summed E-state index contributed by atoms with van der Waals surface area (Å²) in [5.74, 6) is -0.661. The normalized spacial score (nSPS) is 15.0. The molecule has 0 spiro atoms. The number of phenolic OH excluding ortho intramolecular Hbond substituents is 1. The zero-order chi connectivity index (χ0) is 11.0. The first-order chi connectivity index (χ1) is 7.09. The molecule has 1 heterocycles. The van der Waals surface area contributed by atoms with E-state index in [2.05, 4.69) is 0 Å². The third-order valence-corrected chi connectivity index (χ3v) is 2.12. The summed E-state index contributed by atoms with van der Waals surface area (Å²) in [7, 11) is 0. The number of hydrogen-bond donors (Lipinski definition) is 3. The lowest BCUT2D eigenvalue weighted by Crippen LogP contribution is -2.20. The van der Waals surface area contributed by atoms with Crippen LogP contribution in [0.5, 0.6) is 17.2 Å². The number of ether oxygens (including phenoxy) is 2. The van der Waals surface area contributed by atoms with Crippen molar-refractivity contribution < 1.29 is 24.5 Å². The van der Waals surface area contributed by atoms with E-state index < -0.39 is 12.0 Å². The Balaban J connectivity index is 2.44. The Hall–Kier alpha value is -1.95. The first kappa shape index (κ1) is 9.60. The standard InChI is InChI=1S/C9H9NO5/c10-8(9(12)13)4-1-6-7(2-5(4)11)15-3-14-6/h1-2,8,11H,3,10H2,(H,12,13). The second kappa shape index (κ2) is 3.32. The first-order valence-corrected chi connectivity index (χ1v) is 4.20. The van der Waals surface area contributed by atoms with Crippen LogP contribution in [0, 0.1) is 0 Å². The third-order valence-electron chi connectivity index (χ3n) is 2.12. The van der Waals surface area contributed by atoms with Gasteiger partial charge < -0.3 is 25.4 Å². The highest BCUT2D eigenvalue weighted by Crippen LogP contribution is 2.39. The van der Waals surface area contributed by atoms with Gasteiger partial charge in [0.2, 0.25) is 6.79 Å². The van der Waals surface area contributed by atoms with Gasteiger partial charge in [-0.15, -0.1) is 0 Å². The summed E-state index contributed by atoms with van der Waals surface area (Å²) in [6, 6.07) is 1.39. The van der Waals surface area contributed by atoms with Gasteiger partial charge >= 0.3 is 5.97 Å². The van der Waals surface area contributed by atoms with Crippen molar-refractivity contribution in [2.24, 2.45) is 5.73 Å². The van der Waals surface area contributed by atoms with E-state index in [0.29, 0.717) is 11.5 Å². The first-order valence-electron chi connectivity index (χ1n) is 4.20. The number of carboxylic acids is 1. The predicted molar refractivity (Wildman–Crippen MR) is 48.8 cm³/mol. The van der Waals surface area contributed by atoms with Crippen LogP contribution < -0.4 is 15.2 Å². The number of carbonyl (C=O) groups is 1. The Labute approximate surface area is 84.8 Å². The van der Waals surface area contributed by atoms with Crippen molar-refractivity contribution >= 4 is 5.97 Å². The van der Waals surface area contributed by atoms with E-state index in [1.165, 1.54) is 12.1 Å². The Bertz CT molecular complexity index is 417. The molecule has 0 amide bonds. The molecule has 6 nitrogen and oxygen atoms in total. The topological polar surface area (TPSA) is 102 Å². The molecule has 15 heavy (non-hydrogen) atoms. The quantitative estimate of drug-likeness (QED) is 0.646. The van der Waals surface area contributed by atoms with Gasteiger partial charge in [-0.25, -0.2) is 0 Å². The summed E-state index contributed by atoms with van der Waals surface area (Å²) in [6.07, 6.45) is 0. The molecule has 1 aliphatic rings. The molecule has 1 atom stereocenters. The Morgan fingerprint density at radius 1 is 1.40 bits per heavy atom. The molecule has 1 aromatic rings. The van der Waals surface area contributed by atoms with E-state index >= 15 is 0 Å². The molecule has 4 N–H and O–H groups in total. The molecule has 0 saturated heterocycles. The van der Waals surface area contributed by atoms with Crippen molar-refractivity contribution in [3.05, 3.63) is 17.7 Å². The van der Waals surface area contributed by atoms with Gasteiger partial charge in [-0.3, -0.25) is 4.79 Å². The van der Waals surface area contributed by atoms with Crippen LogP contribution in [0.4, 0.5) is 0 Å². The SMILES string of the molecule is NC(C(=O)O)c1cc2c(cc1O)OCO2. The van der Waals surface area contributed by atoms with Crippen LogP contribution in [0.2, 0.25) is 0 Å². The number of rotatable bonds is 2. The minimum atomic E-state index is -1.28. The number of nitrogens with two attached hydrogens (primary N) is 1. The summed E-state index contributed by atoms with van der Waals surface area (Å²) in [5, 5.41) is 18.2. The lowest BCUT2D eigenvalue weighted by Gasteiger charge is -2.09. The van der Waals surface area contributed by atoms with E-state index in [4.69, 9.17) is 20.3 Å². The van der Waals surface area contributed by atoms with Crippen LogP contribution in [0.25, 0.3) is 0 Å². The fourth-order valence-corrected chi connectivity index (χ4v) is 1.33. The predicted octanol–water partition coefficient (Wildman–Crippen LogP) is 0.205. The summed E-state index contributed by atoms with van der Waals surface area (Å²) in [5.41, 5.74) is 5.48. The van der Waals surface area contributed by atoms with Crippen LogP contribution in [0.1, 0.15) is 11.6 Å². The smallest absolute Gasteiger partial charge is 0.325 e. The third kappa shape index (κ3) is 1.55. The van der Waals surface area contributed by atoms with E-state index in [0.717, 1.165) is 0 Å². The van der Waals surface area contributed by atoms with E-state index in [9.17, 15) is 9.90 Å². The average molecular weight is 211 g/mol. The van der Waals surface area contributed by atoms with Crippen molar-refractivity contribution in [1.82, 2.24) is 0 Å². The monoisotopic (exact) mass is 211 g/mol. The lowest BCUT2D eigenvalue weighted by molar-refractivity contribution is -0.138. The molecule has 1 unspecified atom stereocenters. The minimum absolute atomic E-state index is 0.0561. The molecule has 0 bridgehead atoms. The van der Waals surface area contributed by atoms with Crippen molar-refractivity contribution in [2.45, 2.75) is 6.04 Å². The van der Waals surface area contributed by atoms with Crippen molar-refractivity contribution in [1.29, 1.82) is 0 Å². The van der Waals surface area contributed by atoms with Gasteiger partial charge in [-0.2, -0.15) is 0 Å². The lowest BCUT2D eigenvalue weighted by atomic mass is 10.1. The van der Waals surface area contributed by atoms with E-state index in [1.807, 2.05) is 0 Å². The highest BCUT2D eigenvalue weighted by molar-refractivity contribution is 5.77. The summed E-state index contributed by atoms with van der Waals surface area (Å²) in [4.78, 5) is 10.6. The van der Waals surface area contributed by atoms with Crippen molar-refractivity contribution in [2.75, 3.05) is 6.79 Å². The van der Waals surface area contributed by atoms with Gasteiger partial charge in [-0.1, -0.05) is 0 Å². The zero-order valence-corrected chi connectivity index (χ0v) is 7.64. The Morgan fingerprint density at radius 3 is 2.60 bits per heavy atom. The Kier molecular flexibility index (Phi) is 2.12. The maximum atomic E-state index is 10.6. The number of aliphatic carboxylic acids is 1. The van der Waals surface area contributed by atoms with Crippen LogP contribution in [0.15, 0.2) is 12.1 Å². The van der Waals surface area contributed by atoms with Crippen molar-refractivity contribution in [3.63, 3.8) is 0 Å². The number of benzene rings is 1. The number of phenols is 1. The van der Waals surface area contributed by atoms with Gasteiger partial charge in [0.05, 0.1) is 0 Å². The van der Waals surface area contributed by atoms with E-state index in [1.54, 1.807) is 0 Å². The zero-order valence-electron chi connectivity index (χ0n) is 7.64. The molecule has 2 rings (SSSR count). The van der Waals surface area contributed by atoms with Gasteiger partial charge in [0.1, 0.15) is 11.8 Å². The second-order valence-corrected chi connectivity index (χ2v) is 3.08. The molecular weight excluding hydrogens is 202 g/mol. The maximum Gasteiger partial charge on any atom is 0.325 e. The Morgan fingerprint density at radius 2 is 2.00 bits per heavy atom. The number of aromatic hydroxyl groups is 1. The van der Waals surface area contributed by atoms with Gasteiger partial charge in [0.25, 0.3) is 0 Å². The maximum absolute atomic E-state index is 10.6. The van der Waals surface area contributed by atoms with Crippen LogP contribution >= 0.6 is 0 Å². The average Bonchev–Trinajstić information content (AvgIpc) is 2.62. The van der Waals surface area contributed by atoms with Gasteiger partial charge in [0.15, 0.2) is 11.5 Å². The molecule has 80 valence electrons. The molecular formula is C9H9NO5.